The molecule has 0 amide bonds. The van der Waals surface area contributed by atoms with Crippen LogP contribution in [0.15, 0.2) is 84.9 Å². The summed E-state index contributed by atoms with van der Waals surface area (Å²) >= 11 is 2.08. The summed E-state index contributed by atoms with van der Waals surface area (Å²) in [6.45, 7) is 4.17. The second-order valence-corrected chi connectivity index (χ2v) is 7.12. The van der Waals surface area contributed by atoms with E-state index >= 15 is 0 Å². The maximum absolute atomic E-state index is 8.40. The van der Waals surface area contributed by atoms with E-state index in [2.05, 4.69) is 119 Å². The van der Waals surface area contributed by atoms with Gasteiger partial charge >= 0.3 is 46.0 Å². The van der Waals surface area contributed by atoms with Gasteiger partial charge in [0, 0.05) is 0 Å². The Bertz CT molecular complexity index is 811. The average Bonchev–Trinajstić information content (AvgIpc) is 3.24. The molecule has 4 aromatic rings. The maximum atomic E-state index is 8.40. The molecule has 0 aromatic heterocycles. The molecule has 0 saturated carbocycles. The van der Waals surface area contributed by atoms with Gasteiger partial charge in [-0.25, -0.2) is 9.13 Å². The Labute approximate surface area is 185 Å². The Kier molecular flexibility index (Phi) is 17.5. The molecule has 0 radical (unpaired) electrons. The molecule has 4 aromatic carbocycles. The first-order valence-corrected chi connectivity index (χ1v) is 9.40. The third-order valence-electron chi connectivity index (χ3n) is 3.10. The molecule has 0 aliphatic carbocycles. The van der Waals surface area contributed by atoms with Crippen LogP contribution in [0.3, 0.4) is 0 Å². The van der Waals surface area contributed by atoms with Crippen LogP contribution in [0.4, 0.5) is 0 Å². The van der Waals surface area contributed by atoms with Gasteiger partial charge in [0.2, 0.25) is 0 Å². The van der Waals surface area contributed by atoms with Gasteiger partial charge in [-0.05, 0) is 0 Å². The van der Waals surface area contributed by atoms with Crippen molar-refractivity contribution >= 4 is 58.5 Å². The molecule has 0 N–H and O–H groups in total. The van der Waals surface area contributed by atoms with E-state index < -0.39 is 8.34 Å². The summed E-state index contributed by atoms with van der Waals surface area (Å²) in [6.07, 6.45) is 0. The SMILES string of the molecule is C[C](C)=[Ti+2].Cl.Cl.O=[PH]=O.c1ccc2[cH-]ccc2c1.c1ccc2[cH-]ccc2c1. The monoisotopic (exact) mass is 456 g/mol. The van der Waals surface area contributed by atoms with E-state index in [1.54, 1.807) is 0 Å². The largest absolute Gasteiger partial charge is 0.303 e. The Balaban J connectivity index is 0. The van der Waals surface area contributed by atoms with Crippen LogP contribution in [0, 0.1) is 0 Å². The summed E-state index contributed by atoms with van der Waals surface area (Å²) in [6, 6.07) is 29.3. The van der Waals surface area contributed by atoms with E-state index in [4.69, 9.17) is 9.13 Å². The third-order valence-corrected chi connectivity index (χ3v) is 3.10. The molecule has 0 unspecified atom stereocenters. The van der Waals surface area contributed by atoms with Gasteiger partial charge in [-0.2, -0.15) is 35.0 Å². The standard InChI is InChI=1S/2C9H7.C3H6.2ClH.HO2P.Ti/c2*1-2-5-9-7-3-6-8(9)4-1;1-3-2;;;1-3-2;/h2*1-7H;1-2H3;2*1H;3H;/q2*-1;;;;;+2. The number of fused-ring (bicyclic) bond motifs is 2. The van der Waals surface area contributed by atoms with E-state index in [-0.39, 0.29) is 24.8 Å². The second kappa shape index (κ2) is 16.9. The van der Waals surface area contributed by atoms with Crippen molar-refractivity contribution in [3.8, 4) is 0 Å². The quantitative estimate of drug-likeness (QED) is 0.161. The first-order chi connectivity index (χ1) is 12.1. The van der Waals surface area contributed by atoms with Crippen LogP contribution in [0.25, 0.3) is 21.5 Å². The predicted molar refractivity (Wildman–Crippen MR) is 120 cm³/mol. The van der Waals surface area contributed by atoms with Gasteiger partial charge in [-0.1, -0.05) is 12.1 Å². The number of benzene rings is 2. The molecule has 2 nitrogen and oxygen atoms in total. The summed E-state index contributed by atoms with van der Waals surface area (Å²) < 4.78 is 18.2. The fourth-order valence-corrected chi connectivity index (χ4v) is 2.14. The van der Waals surface area contributed by atoms with E-state index in [1.165, 1.54) is 25.4 Å². The van der Waals surface area contributed by atoms with Crippen LogP contribution in [-0.4, -0.2) is 3.81 Å². The minimum atomic E-state index is -1.42. The molecular weight excluding hydrogens is 434 g/mol. The van der Waals surface area contributed by atoms with Crippen molar-refractivity contribution in [2.45, 2.75) is 13.8 Å². The van der Waals surface area contributed by atoms with Crippen LogP contribution >= 0.6 is 33.2 Å². The summed E-state index contributed by atoms with van der Waals surface area (Å²) in [5.74, 6) is 0. The van der Waals surface area contributed by atoms with Crippen molar-refractivity contribution < 1.29 is 29.1 Å². The van der Waals surface area contributed by atoms with Crippen LogP contribution < -0.4 is 0 Å². The zero-order valence-electron chi connectivity index (χ0n) is 15.2. The van der Waals surface area contributed by atoms with Gasteiger partial charge in [-0.3, -0.25) is 0 Å². The van der Waals surface area contributed by atoms with Crippen LogP contribution in [0.5, 0.6) is 0 Å². The van der Waals surface area contributed by atoms with Crippen molar-refractivity contribution in [1.29, 1.82) is 0 Å². The van der Waals surface area contributed by atoms with Gasteiger partial charge in [0.25, 0.3) is 0 Å². The Morgan fingerprint density at radius 1 is 0.741 bits per heavy atom. The van der Waals surface area contributed by atoms with Gasteiger partial charge in [0.05, 0.1) is 0 Å². The summed E-state index contributed by atoms with van der Waals surface area (Å²) in [4.78, 5) is 0. The maximum Gasteiger partial charge on any atom is 0.303 e. The van der Waals surface area contributed by atoms with Gasteiger partial charge < -0.3 is 0 Å². The molecule has 27 heavy (non-hydrogen) atoms. The van der Waals surface area contributed by atoms with E-state index in [9.17, 15) is 0 Å². The van der Waals surface area contributed by atoms with Gasteiger partial charge in [-0.15, -0.1) is 84.1 Å². The molecule has 0 spiro atoms. The summed E-state index contributed by atoms with van der Waals surface area (Å²) in [5, 5.41) is 5.32. The Morgan fingerprint density at radius 2 is 1.04 bits per heavy atom. The normalized spacial score (nSPS) is 8.30. The Hall–Kier alpha value is -1.28. The molecule has 0 aliphatic rings. The van der Waals surface area contributed by atoms with E-state index in [1.807, 2.05) is 0 Å². The molecule has 0 fully saturated rings. The minimum Gasteiger partial charge on any atom is -0.241 e. The Morgan fingerprint density at radius 3 is 1.33 bits per heavy atom. The molecule has 0 aliphatic heterocycles. The molecule has 0 atom stereocenters. The van der Waals surface area contributed by atoms with Crippen molar-refractivity contribution in [2.75, 3.05) is 0 Å². The predicted octanol–water partition coefficient (Wildman–Crippen LogP) is 7.06. The van der Waals surface area contributed by atoms with Crippen molar-refractivity contribution in [3.63, 3.8) is 0 Å². The molecule has 6 heteroatoms. The fraction of sp³-hybridized carbons (Fsp3) is 0.0952. The molecule has 142 valence electrons. The smallest absolute Gasteiger partial charge is 0.241 e. The number of hydrogen-bond donors (Lipinski definition) is 0. The van der Waals surface area contributed by atoms with Gasteiger partial charge in [0.15, 0.2) is 0 Å². The van der Waals surface area contributed by atoms with Crippen molar-refractivity contribution in [1.82, 2.24) is 0 Å². The minimum absolute atomic E-state index is 0. The van der Waals surface area contributed by atoms with Gasteiger partial charge in [0.1, 0.15) is 0 Å². The molecule has 0 saturated heterocycles. The van der Waals surface area contributed by atoms with Crippen molar-refractivity contribution in [2.24, 2.45) is 0 Å². The first kappa shape index (κ1) is 27.9. The molecular formula is C21H23Cl2O2PTi. The van der Waals surface area contributed by atoms with Crippen LogP contribution in [0.2, 0.25) is 0 Å². The fourth-order valence-electron chi connectivity index (χ4n) is 2.14. The average molecular weight is 457 g/mol. The molecule has 0 heterocycles. The number of rotatable bonds is 0. The molecule has 0 bridgehead atoms. The third kappa shape index (κ3) is 11.9. The zero-order valence-corrected chi connectivity index (χ0v) is 19.4. The number of hydrogen-bond acceptors (Lipinski definition) is 2. The molecule has 4 rings (SSSR count). The first-order valence-electron chi connectivity index (χ1n) is 7.80. The summed E-state index contributed by atoms with van der Waals surface area (Å²) in [7, 11) is -1.42. The summed E-state index contributed by atoms with van der Waals surface area (Å²) in [5.41, 5.74) is 0. The topological polar surface area (TPSA) is 34.1 Å². The van der Waals surface area contributed by atoms with Crippen LogP contribution in [0.1, 0.15) is 13.8 Å². The zero-order chi connectivity index (χ0) is 18.5. The van der Waals surface area contributed by atoms with E-state index in [0.29, 0.717) is 0 Å². The van der Waals surface area contributed by atoms with E-state index in [0.717, 1.165) is 0 Å². The second-order valence-electron chi connectivity index (χ2n) is 5.39. The number of halogens is 2. The van der Waals surface area contributed by atoms with Crippen molar-refractivity contribution in [3.05, 3.63) is 84.9 Å². The van der Waals surface area contributed by atoms with Crippen LogP contribution in [-0.2, 0) is 29.1 Å².